The largest absolute Gasteiger partial charge is 0.359 e. The average molecular weight is 194 g/mol. The average Bonchev–Trinajstić information content (AvgIpc) is 2.65. The Morgan fingerprint density at radius 2 is 2.29 bits per heavy atom. The number of nitrogens with one attached hydrogen (secondary N) is 2. The molecule has 0 saturated heterocycles. The minimum atomic E-state index is -0.425. The van der Waals surface area contributed by atoms with Crippen LogP contribution in [0.4, 0.5) is 0 Å². The Bertz CT molecular complexity index is 317. The standard InChI is InChI=1S/C10H14N2O2/c1-3-8(12-7(2)13)10(14)9-5-4-6-11-9/h4-6,8,11H,3H2,1-2H3,(H,12,13). The summed E-state index contributed by atoms with van der Waals surface area (Å²) in [7, 11) is 0. The minimum absolute atomic E-state index is 0.0762. The van der Waals surface area contributed by atoms with Crippen LogP contribution in [0.5, 0.6) is 0 Å². The lowest BCUT2D eigenvalue weighted by Crippen LogP contribution is -2.39. The van der Waals surface area contributed by atoms with E-state index < -0.39 is 6.04 Å². The molecule has 76 valence electrons. The van der Waals surface area contributed by atoms with Crippen molar-refractivity contribution in [3.8, 4) is 0 Å². The normalized spacial score (nSPS) is 12.1. The molecule has 0 fully saturated rings. The highest BCUT2D eigenvalue weighted by Gasteiger charge is 2.19. The fraction of sp³-hybridized carbons (Fsp3) is 0.400. The van der Waals surface area contributed by atoms with Gasteiger partial charge >= 0.3 is 0 Å². The van der Waals surface area contributed by atoms with Crippen molar-refractivity contribution in [2.75, 3.05) is 0 Å². The summed E-state index contributed by atoms with van der Waals surface area (Å²) in [5.74, 6) is -0.260. The molecule has 1 amide bonds. The molecular formula is C10H14N2O2. The molecule has 0 aliphatic carbocycles. The number of ketones is 1. The second-order valence-electron chi connectivity index (χ2n) is 3.11. The molecule has 1 rings (SSSR count). The van der Waals surface area contributed by atoms with Crippen LogP contribution in [0.3, 0.4) is 0 Å². The molecule has 0 aliphatic rings. The number of amides is 1. The third kappa shape index (κ3) is 2.45. The summed E-state index contributed by atoms with van der Waals surface area (Å²) in [6, 6.07) is 3.03. The maximum atomic E-state index is 11.7. The Balaban J connectivity index is 2.70. The Morgan fingerprint density at radius 3 is 2.71 bits per heavy atom. The van der Waals surface area contributed by atoms with Gasteiger partial charge in [0.15, 0.2) is 0 Å². The fourth-order valence-electron chi connectivity index (χ4n) is 1.27. The van der Waals surface area contributed by atoms with E-state index in [-0.39, 0.29) is 11.7 Å². The zero-order valence-corrected chi connectivity index (χ0v) is 8.33. The molecule has 1 heterocycles. The molecule has 0 spiro atoms. The van der Waals surface area contributed by atoms with E-state index in [0.29, 0.717) is 12.1 Å². The van der Waals surface area contributed by atoms with Crippen LogP contribution in [-0.4, -0.2) is 22.7 Å². The van der Waals surface area contributed by atoms with Gasteiger partial charge in [0.1, 0.15) is 0 Å². The summed E-state index contributed by atoms with van der Waals surface area (Å²) in [5, 5.41) is 2.61. The van der Waals surface area contributed by atoms with Crippen LogP contribution >= 0.6 is 0 Å². The van der Waals surface area contributed by atoms with Gasteiger partial charge in [-0.3, -0.25) is 9.59 Å². The first-order valence-electron chi connectivity index (χ1n) is 4.59. The van der Waals surface area contributed by atoms with Gasteiger partial charge in [-0.05, 0) is 18.6 Å². The number of carbonyl (C=O) groups is 2. The van der Waals surface area contributed by atoms with Gasteiger partial charge in [-0.25, -0.2) is 0 Å². The van der Waals surface area contributed by atoms with E-state index >= 15 is 0 Å². The van der Waals surface area contributed by atoms with Gasteiger partial charge in [-0.15, -0.1) is 0 Å². The molecule has 1 unspecified atom stereocenters. The van der Waals surface area contributed by atoms with Gasteiger partial charge < -0.3 is 10.3 Å². The summed E-state index contributed by atoms with van der Waals surface area (Å²) in [6.45, 7) is 3.27. The lowest BCUT2D eigenvalue weighted by atomic mass is 10.1. The Labute approximate surface area is 82.7 Å². The third-order valence-electron chi connectivity index (χ3n) is 1.97. The molecule has 1 atom stereocenters. The molecule has 14 heavy (non-hydrogen) atoms. The van der Waals surface area contributed by atoms with Crippen LogP contribution in [0.2, 0.25) is 0 Å². The fourth-order valence-corrected chi connectivity index (χ4v) is 1.27. The molecule has 2 N–H and O–H groups in total. The molecule has 1 aromatic rings. The number of hydrogen-bond acceptors (Lipinski definition) is 2. The van der Waals surface area contributed by atoms with E-state index in [4.69, 9.17) is 0 Å². The number of carbonyl (C=O) groups excluding carboxylic acids is 2. The number of H-pyrrole nitrogens is 1. The number of aromatic nitrogens is 1. The van der Waals surface area contributed by atoms with E-state index in [1.54, 1.807) is 18.3 Å². The summed E-state index contributed by atoms with van der Waals surface area (Å²) in [6.07, 6.45) is 2.28. The van der Waals surface area contributed by atoms with E-state index in [9.17, 15) is 9.59 Å². The molecule has 4 nitrogen and oxygen atoms in total. The van der Waals surface area contributed by atoms with Crippen LogP contribution in [-0.2, 0) is 4.79 Å². The van der Waals surface area contributed by atoms with Gasteiger partial charge in [0.2, 0.25) is 11.7 Å². The van der Waals surface area contributed by atoms with Crippen LogP contribution in [0, 0.1) is 0 Å². The highest BCUT2D eigenvalue weighted by molar-refractivity contribution is 6.00. The quantitative estimate of drug-likeness (QED) is 0.705. The van der Waals surface area contributed by atoms with Crippen LogP contribution < -0.4 is 5.32 Å². The van der Waals surface area contributed by atoms with E-state index in [0.717, 1.165) is 0 Å². The van der Waals surface area contributed by atoms with Crippen molar-refractivity contribution in [1.82, 2.24) is 10.3 Å². The van der Waals surface area contributed by atoms with Gasteiger partial charge in [-0.1, -0.05) is 6.92 Å². The monoisotopic (exact) mass is 194 g/mol. The molecule has 4 heteroatoms. The van der Waals surface area contributed by atoms with E-state index in [1.807, 2.05) is 6.92 Å². The molecule has 0 aromatic carbocycles. The van der Waals surface area contributed by atoms with Gasteiger partial charge in [0.25, 0.3) is 0 Å². The number of hydrogen-bond donors (Lipinski definition) is 2. The van der Waals surface area contributed by atoms with Crippen molar-refractivity contribution in [2.45, 2.75) is 26.3 Å². The SMILES string of the molecule is CCC(NC(C)=O)C(=O)c1ccc[nH]1. The lowest BCUT2D eigenvalue weighted by molar-refractivity contribution is -0.119. The van der Waals surface area contributed by atoms with Crippen LogP contribution in [0.1, 0.15) is 30.8 Å². The third-order valence-corrected chi connectivity index (χ3v) is 1.97. The van der Waals surface area contributed by atoms with Crippen LogP contribution in [0.15, 0.2) is 18.3 Å². The first-order chi connectivity index (χ1) is 6.65. The van der Waals surface area contributed by atoms with Crippen molar-refractivity contribution < 1.29 is 9.59 Å². The molecule has 0 saturated carbocycles. The first kappa shape index (κ1) is 10.5. The maximum Gasteiger partial charge on any atom is 0.217 e. The van der Waals surface area contributed by atoms with Crippen molar-refractivity contribution in [3.63, 3.8) is 0 Å². The maximum absolute atomic E-state index is 11.7. The molecular weight excluding hydrogens is 180 g/mol. The summed E-state index contributed by atoms with van der Waals surface area (Å²) >= 11 is 0. The van der Waals surface area contributed by atoms with Gasteiger partial charge in [0.05, 0.1) is 11.7 Å². The topological polar surface area (TPSA) is 62.0 Å². The second kappa shape index (κ2) is 4.60. The molecule has 0 aliphatic heterocycles. The summed E-state index contributed by atoms with van der Waals surface area (Å²) in [5.41, 5.74) is 0.533. The van der Waals surface area contributed by atoms with Gasteiger partial charge in [0, 0.05) is 13.1 Å². The van der Waals surface area contributed by atoms with Crippen LogP contribution in [0.25, 0.3) is 0 Å². The number of rotatable bonds is 4. The Hall–Kier alpha value is -1.58. The molecule has 0 bridgehead atoms. The minimum Gasteiger partial charge on any atom is -0.359 e. The zero-order chi connectivity index (χ0) is 10.6. The number of aromatic amines is 1. The smallest absolute Gasteiger partial charge is 0.217 e. The predicted octanol–water partition coefficient (Wildman–Crippen LogP) is 1.11. The Kier molecular flexibility index (Phi) is 3.45. The van der Waals surface area contributed by atoms with Crippen molar-refractivity contribution in [2.24, 2.45) is 0 Å². The van der Waals surface area contributed by atoms with Crippen molar-refractivity contribution in [3.05, 3.63) is 24.0 Å². The second-order valence-corrected chi connectivity index (χ2v) is 3.11. The first-order valence-corrected chi connectivity index (χ1v) is 4.59. The summed E-state index contributed by atoms with van der Waals surface area (Å²) in [4.78, 5) is 25.4. The lowest BCUT2D eigenvalue weighted by Gasteiger charge is -2.13. The zero-order valence-electron chi connectivity index (χ0n) is 8.33. The molecule has 1 aromatic heterocycles. The summed E-state index contributed by atoms with van der Waals surface area (Å²) < 4.78 is 0. The van der Waals surface area contributed by atoms with Crippen molar-refractivity contribution >= 4 is 11.7 Å². The Morgan fingerprint density at radius 1 is 1.57 bits per heavy atom. The number of Topliss-reactive ketones (excluding diaryl/α,β-unsaturated/α-hetero) is 1. The highest BCUT2D eigenvalue weighted by Crippen LogP contribution is 2.03. The predicted molar refractivity (Wildman–Crippen MR) is 53.0 cm³/mol. The highest BCUT2D eigenvalue weighted by atomic mass is 16.2. The van der Waals surface area contributed by atoms with Crippen molar-refractivity contribution in [1.29, 1.82) is 0 Å². The van der Waals surface area contributed by atoms with Gasteiger partial charge in [-0.2, -0.15) is 0 Å². The van der Waals surface area contributed by atoms with E-state index in [1.165, 1.54) is 6.92 Å². The molecule has 0 radical (unpaired) electrons. The van der Waals surface area contributed by atoms with E-state index in [2.05, 4.69) is 10.3 Å².